The molecule has 1 unspecified atom stereocenters. The molecule has 0 nitrogen and oxygen atoms in total. The van der Waals surface area contributed by atoms with Gasteiger partial charge in [-0.2, -0.15) is 0 Å². The predicted octanol–water partition coefficient (Wildman–Crippen LogP) is 3.09. The summed E-state index contributed by atoms with van der Waals surface area (Å²) < 4.78 is 13.0. The topological polar surface area (TPSA) is 0 Å². The molecule has 1 aliphatic carbocycles. The molecule has 0 bridgehead atoms. The van der Waals surface area contributed by atoms with Gasteiger partial charge in [-0.1, -0.05) is 19.1 Å². The fourth-order valence-electron chi connectivity index (χ4n) is 1.36. The van der Waals surface area contributed by atoms with E-state index in [1.54, 1.807) is 0 Å². The van der Waals surface area contributed by atoms with Gasteiger partial charge in [-0.3, -0.25) is 0 Å². The molecule has 0 aromatic rings. The van der Waals surface area contributed by atoms with Crippen LogP contribution in [-0.2, 0) is 0 Å². The zero-order chi connectivity index (χ0) is 7.56. The lowest BCUT2D eigenvalue weighted by Crippen LogP contribution is -2.09. The third-order valence-corrected chi connectivity index (χ3v) is 2.34. The van der Waals surface area contributed by atoms with E-state index in [1.807, 2.05) is 6.92 Å². The fourth-order valence-corrected chi connectivity index (χ4v) is 1.36. The van der Waals surface area contributed by atoms with Crippen molar-refractivity contribution in [2.75, 3.05) is 0 Å². The van der Waals surface area contributed by atoms with E-state index < -0.39 is 6.17 Å². The first-order chi connectivity index (χ1) is 4.70. The van der Waals surface area contributed by atoms with Gasteiger partial charge in [-0.25, -0.2) is 4.39 Å². The Kier molecular flexibility index (Phi) is 2.47. The number of hydrogen-bond acceptors (Lipinski definition) is 0. The molecule has 10 heavy (non-hydrogen) atoms. The molecule has 1 heteroatoms. The lowest BCUT2D eigenvalue weighted by molar-refractivity contribution is 0.229. The smallest absolute Gasteiger partial charge is 0.103 e. The second-order valence-corrected chi connectivity index (χ2v) is 3.32. The standard InChI is InChI=1S/C9H15F/c1-7-3-5-8(2)9(10)6-4-7/h8-9H,1,3-6H2,2H3/t8-,9?/m1/s1. The minimum atomic E-state index is -0.584. The van der Waals surface area contributed by atoms with Gasteiger partial charge in [0.1, 0.15) is 6.17 Å². The van der Waals surface area contributed by atoms with E-state index in [2.05, 4.69) is 6.58 Å². The molecular weight excluding hydrogens is 127 g/mol. The third-order valence-electron chi connectivity index (χ3n) is 2.34. The summed E-state index contributed by atoms with van der Waals surface area (Å²) in [7, 11) is 0. The van der Waals surface area contributed by atoms with E-state index in [9.17, 15) is 4.39 Å². The summed E-state index contributed by atoms with van der Waals surface area (Å²) in [5.74, 6) is 0.249. The van der Waals surface area contributed by atoms with Crippen molar-refractivity contribution in [2.24, 2.45) is 5.92 Å². The molecule has 0 aromatic heterocycles. The molecule has 0 spiro atoms. The van der Waals surface area contributed by atoms with Crippen LogP contribution in [0.1, 0.15) is 32.6 Å². The van der Waals surface area contributed by atoms with Crippen molar-refractivity contribution in [1.82, 2.24) is 0 Å². The largest absolute Gasteiger partial charge is 0.247 e. The van der Waals surface area contributed by atoms with Crippen LogP contribution >= 0.6 is 0 Å². The van der Waals surface area contributed by atoms with Crippen molar-refractivity contribution < 1.29 is 4.39 Å². The van der Waals surface area contributed by atoms with E-state index in [1.165, 1.54) is 5.57 Å². The van der Waals surface area contributed by atoms with Crippen LogP contribution in [0.4, 0.5) is 4.39 Å². The summed E-state index contributed by atoms with van der Waals surface area (Å²) in [6, 6.07) is 0. The Bertz CT molecular complexity index is 115. The maximum absolute atomic E-state index is 13.0. The van der Waals surface area contributed by atoms with E-state index in [0.717, 1.165) is 19.3 Å². The molecule has 0 N–H and O–H groups in total. The number of hydrogen-bond donors (Lipinski definition) is 0. The summed E-state index contributed by atoms with van der Waals surface area (Å²) in [5, 5.41) is 0. The van der Waals surface area contributed by atoms with Crippen molar-refractivity contribution in [3.05, 3.63) is 12.2 Å². The molecule has 1 rings (SSSR count). The minimum Gasteiger partial charge on any atom is -0.247 e. The molecule has 2 atom stereocenters. The van der Waals surface area contributed by atoms with Gasteiger partial charge in [0.15, 0.2) is 0 Å². The number of alkyl halides is 1. The van der Waals surface area contributed by atoms with Crippen molar-refractivity contribution in [3.63, 3.8) is 0 Å². The van der Waals surface area contributed by atoms with Crippen molar-refractivity contribution in [1.29, 1.82) is 0 Å². The Balaban J connectivity index is 2.46. The summed E-state index contributed by atoms with van der Waals surface area (Å²) in [5.41, 5.74) is 1.23. The van der Waals surface area contributed by atoms with E-state index in [0.29, 0.717) is 6.42 Å². The zero-order valence-electron chi connectivity index (χ0n) is 6.57. The monoisotopic (exact) mass is 142 g/mol. The number of allylic oxidation sites excluding steroid dienone is 1. The Morgan fingerprint density at radius 1 is 1.40 bits per heavy atom. The lowest BCUT2D eigenvalue weighted by Gasteiger charge is -2.10. The van der Waals surface area contributed by atoms with Gasteiger partial charge < -0.3 is 0 Å². The zero-order valence-corrected chi connectivity index (χ0v) is 6.57. The van der Waals surface area contributed by atoms with E-state index >= 15 is 0 Å². The fraction of sp³-hybridized carbons (Fsp3) is 0.778. The van der Waals surface area contributed by atoms with Crippen molar-refractivity contribution in [2.45, 2.75) is 38.8 Å². The Morgan fingerprint density at radius 3 is 2.70 bits per heavy atom. The van der Waals surface area contributed by atoms with Crippen LogP contribution in [0.3, 0.4) is 0 Å². The molecule has 0 aliphatic heterocycles. The maximum Gasteiger partial charge on any atom is 0.103 e. The molecule has 0 amide bonds. The lowest BCUT2D eigenvalue weighted by atomic mass is 10.0. The molecule has 0 saturated heterocycles. The minimum absolute atomic E-state index is 0.249. The van der Waals surface area contributed by atoms with Gasteiger partial charge in [-0.15, -0.1) is 0 Å². The van der Waals surface area contributed by atoms with E-state index in [-0.39, 0.29) is 5.92 Å². The van der Waals surface area contributed by atoms with Gasteiger partial charge in [-0.05, 0) is 31.6 Å². The van der Waals surface area contributed by atoms with Crippen LogP contribution in [0.5, 0.6) is 0 Å². The van der Waals surface area contributed by atoms with Gasteiger partial charge >= 0.3 is 0 Å². The number of rotatable bonds is 0. The molecule has 0 aromatic carbocycles. The first-order valence-corrected chi connectivity index (χ1v) is 4.01. The second kappa shape index (κ2) is 3.18. The molecule has 1 aliphatic rings. The van der Waals surface area contributed by atoms with Crippen LogP contribution in [0.2, 0.25) is 0 Å². The third kappa shape index (κ3) is 1.83. The Hall–Kier alpha value is -0.330. The summed E-state index contributed by atoms with van der Waals surface area (Å²) in [6.45, 7) is 5.87. The van der Waals surface area contributed by atoms with Crippen LogP contribution < -0.4 is 0 Å². The highest BCUT2D eigenvalue weighted by molar-refractivity contribution is 4.97. The van der Waals surface area contributed by atoms with Crippen LogP contribution in [0.15, 0.2) is 12.2 Å². The molecule has 0 radical (unpaired) electrons. The van der Waals surface area contributed by atoms with Gasteiger partial charge in [0.25, 0.3) is 0 Å². The van der Waals surface area contributed by atoms with Crippen LogP contribution in [0, 0.1) is 5.92 Å². The Morgan fingerprint density at radius 2 is 2.00 bits per heavy atom. The average molecular weight is 142 g/mol. The van der Waals surface area contributed by atoms with Crippen LogP contribution in [-0.4, -0.2) is 6.17 Å². The molecule has 1 saturated carbocycles. The second-order valence-electron chi connectivity index (χ2n) is 3.32. The highest BCUT2D eigenvalue weighted by atomic mass is 19.1. The molecule has 0 heterocycles. The highest BCUT2D eigenvalue weighted by Gasteiger charge is 2.19. The van der Waals surface area contributed by atoms with E-state index in [4.69, 9.17) is 0 Å². The summed E-state index contributed by atoms with van der Waals surface area (Å²) >= 11 is 0. The quantitative estimate of drug-likeness (QED) is 0.360. The van der Waals surface area contributed by atoms with Crippen LogP contribution in [0.25, 0.3) is 0 Å². The van der Waals surface area contributed by atoms with Gasteiger partial charge in [0.05, 0.1) is 0 Å². The maximum atomic E-state index is 13.0. The molecular formula is C9H15F. The summed E-state index contributed by atoms with van der Waals surface area (Å²) in [6.07, 6.45) is 3.02. The number of halogens is 1. The van der Waals surface area contributed by atoms with Gasteiger partial charge in [0, 0.05) is 0 Å². The highest BCUT2D eigenvalue weighted by Crippen LogP contribution is 2.27. The van der Waals surface area contributed by atoms with Crippen molar-refractivity contribution >= 4 is 0 Å². The Labute approximate surface area is 62.1 Å². The normalized spacial score (nSPS) is 35.6. The first-order valence-electron chi connectivity index (χ1n) is 4.01. The van der Waals surface area contributed by atoms with Gasteiger partial charge in [0.2, 0.25) is 0 Å². The molecule has 1 fully saturated rings. The first kappa shape index (κ1) is 7.77. The average Bonchev–Trinajstić information content (AvgIpc) is 2.04. The van der Waals surface area contributed by atoms with Crippen molar-refractivity contribution in [3.8, 4) is 0 Å². The SMILES string of the molecule is C=C1CCC(F)[C@H](C)CC1. The predicted molar refractivity (Wildman–Crippen MR) is 41.7 cm³/mol. The summed E-state index contributed by atoms with van der Waals surface area (Å²) in [4.78, 5) is 0. The molecule has 58 valence electrons.